The molecule has 0 fully saturated rings. The van der Waals surface area contributed by atoms with Gasteiger partial charge in [-0.05, 0) is 48.5 Å². The fraction of sp³-hybridized carbons (Fsp3) is 0. The first kappa shape index (κ1) is 24.5. The fourth-order valence-corrected chi connectivity index (χ4v) is 5.79. The summed E-state index contributed by atoms with van der Waals surface area (Å²) in [5.41, 5.74) is 4.66. The Kier molecular flexibility index (Phi) is 7.33. The van der Waals surface area contributed by atoms with Crippen molar-refractivity contribution in [2.45, 2.75) is 0 Å². The predicted molar refractivity (Wildman–Crippen MR) is 171 cm³/mol. The fourth-order valence-electron chi connectivity index (χ4n) is 4.68. The molecular weight excluding hydrogens is 492 g/mol. The summed E-state index contributed by atoms with van der Waals surface area (Å²) in [5, 5.41) is 8.67. The number of benzene rings is 6. The van der Waals surface area contributed by atoms with Gasteiger partial charge in [0.2, 0.25) is 0 Å². The Bertz CT molecular complexity index is 1690. The van der Waals surface area contributed by atoms with Crippen LogP contribution < -0.4 is 5.32 Å². The average Bonchev–Trinajstić information content (AvgIpc) is 3.58. The second kappa shape index (κ2) is 11.7. The number of thiophene rings is 1. The molecule has 0 aliphatic rings. The minimum atomic E-state index is 1.12. The first-order chi connectivity index (χ1) is 19.3. The molecule has 188 valence electrons. The van der Waals surface area contributed by atoms with Crippen LogP contribution in [0.5, 0.6) is 0 Å². The molecule has 2 aromatic heterocycles. The summed E-state index contributed by atoms with van der Waals surface area (Å²) in [7, 11) is 0. The van der Waals surface area contributed by atoms with Crippen molar-refractivity contribution in [1.29, 1.82) is 0 Å². The van der Waals surface area contributed by atoms with Crippen molar-refractivity contribution in [2.24, 2.45) is 0 Å². The molecule has 8 aromatic rings. The van der Waals surface area contributed by atoms with E-state index in [1.807, 2.05) is 72.0 Å². The van der Waals surface area contributed by atoms with E-state index >= 15 is 0 Å². The van der Waals surface area contributed by atoms with Gasteiger partial charge in [-0.3, -0.25) is 0 Å². The third-order valence-electron chi connectivity index (χ3n) is 6.53. The summed E-state index contributed by atoms with van der Waals surface area (Å²) < 4.78 is 2.76. The maximum atomic E-state index is 3.38. The lowest BCUT2D eigenvalue weighted by molar-refractivity contribution is 1.55. The van der Waals surface area contributed by atoms with Crippen molar-refractivity contribution in [1.82, 2.24) is 4.98 Å². The number of H-pyrrole nitrogens is 1. The van der Waals surface area contributed by atoms with E-state index in [1.54, 1.807) is 0 Å². The van der Waals surface area contributed by atoms with Crippen LogP contribution in [0.15, 0.2) is 158 Å². The van der Waals surface area contributed by atoms with Crippen LogP contribution in [-0.2, 0) is 0 Å². The van der Waals surface area contributed by atoms with Crippen molar-refractivity contribution in [3.8, 4) is 0 Å². The number of hydrogen-bond acceptors (Lipinski definition) is 2. The Morgan fingerprint density at radius 3 is 1.18 bits per heavy atom. The zero-order valence-electron chi connectivity index (χ0n) is 21.4. The molecule has 0 spiro atoms. The van der Waals surface area contributed by atoms with Gasteiger partial charge in [-0.15, -0.1) is 11.3 Å². The summed E-state index contributed by atoms with van der Waals surface area (Å²) in [5.74, 6) is 0. The van der Waals surface area contributed by atoms with Crippen LogP contribution in [0.4, 0.5) is 11.4 Å². The number of para-hydroxylation sites is 4. The average molecular weight is 521 g/mol. The lowest BCUT2D eigenvalue weighted by Gasteiger charge is -2.04. The molecule has 0 saturated carbocycles. The smallest absolute Gasteiger partial charge is 0.0464 e. The van der Waals surface area contributed by atoms with Gasteiger partial charge in [0, 0.05) is 53.4 Å². The Labute approximate surface area is 232 Å². The number of hydrogen-bond donors (Lipinski definition) is 2. The maximum absolute atomic E-state index is 3.38. The number of aromatic nitrogens is 1. The minimum Gasteiger partial charge on any atom is -0.356 e. The molecule has 0 unspecified atom stereocenters. The van der Waals surface area contributed by atoms with Gasteiger partial charge in [0.25, 0.3) is 0 Å². The SMILES string of the molecule is c1ccc(Nc2ccccc2)cc1.c1ccc2c(c1)[nH]c1ccccc12.c1ccc2c(c1)sc1ccccc12. The van der Waals surface area contributed by atoms with Gasteiger partial charge in [0.05, 0.1) is 0 Å². The van der Waals surface area contributed by atoms with E-state index in [9.17, 15) is 0 Å². The van der Waals surface area contributed by atoms with Crippen LogP contribution in [0, 0.1) is 0 Å². The first-order valence-corrected chi connectivity index (χ1v) is 13.9. The van der Waals surface area contributed by atoms with Crippen LogP contribution in [-0.4, -0.2) is 4.98 Å². The molecule has 0 atom stereocenters. The zero-order chi connectivity index (χ0) is 26.3. The molecule has 0 amide bonds. The Hall–Kier alpha value is -4.86. The molecule has 0 aliphatic heterocycles. The number of rotatable bonds is 2. The van der Waals surface area contributed by atoms with Gasteiger partial charge in [-0.2, -0.15) is 0 Å². The van der Waals surface area contributed by atoms with Crippen molar-refractivity contribution >= 4 is 64.7 Å². The molecule has 2 heterocycles. The second-order valence-corrected chi connectivity index (χ2v) is 10.3. The lowest BCUT2D eigenvalue weighted by atomic mass is 10.2. The van der Waals surface area contributed by atoms with Gasteiger partial charge in [-0.1, -0.05) is 109 Å². The second-order valence-electron chi connectivity index (χ2n) is 9.17. The Morgan fingerprint density at radius 2 is 0.718 bits per heavy atom. The zero-order valence-corrected chi connectivity index (χ0v) is 22.2. The van der Waals surface area contributed by atoms with E-state index in [1.165, 1.54) is 42.0 Å². The molecule has 0 bridgehead atoms. The van der Waals surface area contributed by atoms with Gasteiger partial charge >= 0.3 is 0 Å². The largest absolute Gasteiger partial charge is 0.356 e. The van der Waals surface area contributed by atoms with Gasteiger partial charge in [-0.25, -0.2) is 0 Å². The number of fused-ring (bicyclic) bond motifs is 6. The number of nitrogens with one attached hydrogen (secondary N) is 2. The molecule has 39 heavy (non-hydrogen) atoms. The van der Waals surface area contributed by atoms with E-state index in [0.717, 1.165) is 11.4 Å². The molecule has 8 rings (SSSR count). The highest BCUT2D eigenvalue weighted by molar-refractivity contribution is 7.25. The molecule has 2 N–H and O–H groups in total. The van der Waals surface area contributed by atoms with E-state index < -0.39 is 0 Å². The van der Waals surface area contributed by atoms with E-state index in [2.05, 4.69) is 107 Å². The number of anilines is 2. The highest BCUT2D eigenvalue weighted by atomic mass is 32.1. The summed E-state index contributed by atoms with van der Waals surface area (Å²) in [4.78, 5) is 3.38. The molecule has 3 heteroatoms. The monoisotopic (exact) mass is 520 g/mol. The number of aromatic amines is 1. The van der Waals surface area contributed by atoms with E-state index in [0.29, 0.717) is 0 Å². The van der Waals surface area contributed by atoms with E-state index in [4.69, 9.17) is 0 Å². The van der Waals surface area contributed by atoms with Crippen molar-refractivity contribution in [3.63, 3.8) is 0 Å². The summed E-state index contributed by atoms with van der Waals surface area (Å²) in [6.07, 6.45) is 0. The third-order valence-corrected chi connectivity index (χ3v) is 7.69. The predicted octanol–water partition coefficient (Wildman–Crippen LogP) is 10.8. The standard InChI is InChI=1S/C12H9N.C12H11N.C12H8S/c1-3-7-11-9(5-1)10-6-2-4-8-12(10)13-11;1-3-7-11(8-4-1)13-12-9-5-2-6-10-12;1-3-7-11-9(5-1)10-6-2-4-8-12(10)13-11/h1-8,13H;1-10,13H;1-8H. The van der Waals surface area contributed by atoms with Crippen LogP contribution >= 0.6 is 11.3 Å². The molecule has 0 radical (unpaired) electrons. The van der Waals surface area contributed by atoms with Gasteiger partial charge in [0.15, 0.2) is 0 Å². The van der Waals surface area contributed by atoms with Crippen LogP contribution in [0.1, 0.15) is 0 Å². The minimum absolute atomic E-state index is 1.12. The van der Waals surface area contributed by atoms with Crippen molar-refractivity contribution < 1.29 is 0 Å². The molecule has 0 saturated heterocycles. The molecule has 2 nitrogen and oxygen atoms in total. The maximum Gasteiger partial charge on any atom is 0.0464 e. The highest BCUT2D eigenvalue weighted by Gasteiger charge is 2.02. The molecular formula is C36H28N2S. The summed E-state index contributed by atoms with van der Waals surface area (Å²) >= 11 is 1.86. The topological polar surface area (TPSA) is 27.8 Å². The van der Waals surface area contributed by atoms with Crippen molar-refractivity contribution in [3.05, 3.63) is 158 Å². The van der Waals surface area contributed by atoms with Crippen molar-refractivity contribution in [2.75, 3.05) is 5.32 Å². The summed E-state index contributed by atoms with van der Waals surface area (Å²) in [6.45, 7) is 0. The van der Waals surface area contributed by atoms with E-state index in [-0.39, 0.29) is 0 Å². The first-order valence-electron chi connectivity index (χ1n) is 13.0. The molecule has 0 aliphatic carbocycles. The summed E-state index contributed by atoms with van der Waals surface area (Å²) in [6, 6.07) is 54.2. The lowest BCUT2D eigenvalue weighted by Crippen LogP contribution is -1.87. The van der Waals surface area contributed by atoms with Crippen LogP contribution in [0.25, 0.3) is 42.0 Å². The quantitative estimate of drug-likeness (QED) is 0.233. The van der Waals surface area contributed by atoms with Crippen LogP contribution in [0.3, 0.4) is 0 Å². The molecule has 6 aromatic carbocycles. The van der Waals surface area contributed by atoms with Crippen LogP contribution in [0.2, 0.25) is 0 Å². The normalized spacial score (nSPS) is 10.6. The Balaban J connectivity index is 0.000000106. The Morgan fingerprint density at radius 1 is 0.359 bits per heavy atom. The third kappa shape index (κ3) is 5.69. The highest BCUT2D eigenvalue weighted by Crippen LogP contribution is 2.33. The van der Waals surface area contributed by atoms with Gasteiger partial charge < -0.3 is 10.3 Å². The van der Waals surface area contributed by atoms with Gasteiger partial charge in [0.1, 0.15) is 0 Å².